The van der Waals surface area contributed by atoms with Crippen LogP contribution in [0.3, 0.4) is 0 Å². The molecule has 4 rings (SSSR count). The molecule has 0 aliphatic heterocycles. The molecule has 1 aromatic heterocycles. The topological polar surface area (TPSA) is 49.6 Å². The second-order valence-corrected chi connectivity index (χ2v) is 13.9. The van der Waals surface area contributed by atoms with Crippen molar-refractivity contribution in [2.24, 2.45) is 4.99 Å². The number of unbranched alkanes of at least 4 members (excludes halogenated alkanes) is 3. The first kappa shape index (κ1) is 43.5. The first-order chi connectivity index (χ1) is 25.1. The molecule has 1 aliphatic carbocycles. The summed E-state index contributed by atoms with van der Waals surface area (Å²) in [5.74, 6) is 0.0711. The van der Waals surface area contributed by atoms with Crippen molar-refractivity contribution >= 4 is 29.6 Å². The highest BCUT2D eigenvalue weighted by Crippen LogP contribution is 2.37. The molecule has 1 heterocycles. The van der Waals surface area contributed by atoms with Gasteiger partial charge in [-0.25, -0.2) is 4.99 Å². The molecule has 292 valence electrons. The molecule has 0 bridgehead atoms. The quantitative estimate of drug-likeness (QED) is 0.0623. The number of anilines is 1. The molecule has 5 nitrogen and oxygen atoms in total. The summed E-state index contributed by atoms with van der Waals surface area (Å²) in [5.41, 5.74) is -0.855. The van der Waals surface area contributed by atoms with E-state index in [4.69, 9.17) is 0 Å². The van der Waals surface area contributed by atoms with Crippen LogP contribution in [0.4, 0.5) is 32.0 Å². The summed E-state index contributed by atoms with van der Waals surface area (Å²) in [5, 5.41) is 4.37. The number of aromatic nitrogens is 1. The molecule has 1 aliphatic rings. The molecule has 0 unspecified atom stereocenters. The molecular formula is C42H56F6N4O. The number of amidine groups is 1. The van der Waals surface area contributed by atoms with E-state index in [-0.39, 0.29) is 23.4 Å². The number of aliphatic imine (C=N–C) groups is 1. The van der Waals surface area contributed by atoms with E-state index in [1.807, 2.05) is 12.1 Å². The number of carbonyl (C=O) groups is 1. The van der Waals surface area contributed by atoms with Gasteiger partial charge in [0.1, 0.15) is 5.84 Å². The van der Waals surface area contributed by atoms with E-state index in [1.165, 1.54) is 59.0 Å². The van der Waals surface area contributed by atoms with Crippen LogP contribution in [0.25, 0.3) is 23.4 Å². The second-order valence-electron chi connectivity index (χ2n) is 13.9. The summed E-state index contributed by atoms with van der Waals surface area (Å²) < 4.78 is 82.5. The van der Waals surface area contributed by atoms with Gasteiger partial charge in [-0.2, -0.15) is 26.3 Å². The van der Waals surface area contributed by atoms with Gasteiger partial charge in [0.15, 0.2) is 5.78 Å². The van der Waals surface area contributed by atoms with E-state index in [0.717, 1.165) is 60.2 Å². The number of halogens is 6. The average molecular weight is 747 g/mol. The Hall–Kier alpha value is -3.86. The van der Waals surface area contributed by atoms with Gasteiger partial charge in [0.2, 0.25) is 0 Å². The predicted molar refractivity (Wildman–Crippen MR) is 206 cm³/mol. The summed E-state index contributed by atoms with van der Waals surface area (Å²) >= 11 is 0. The Morgan fingerprint density at radius 1 is 0.868 bits per heavy atom. The molecule has 1 fully saturated rings. The van der Waals surface area contributed by atoms with Gasteiger partial charge in [0.05, 0.1) is 11.1 Å². The Labute approximate surface area is 310 Å². The number of alkyl halides is 6. The van der Waals surface area contributed by atoms with Crippen LogP contribution in [0.1, 0.15) is 133 Å². The summed E-state index contributed by atoms with van der Waals surface area (Å²) in [4.78, 5) is 18.7. The number of hydrogen-bond acceptors (Lipinski definition) is 3. The van der Waals surface area contributed by atoms with Crippen molar-refractivity contribution in [3.63, 3.8) is 0 Å². The number of ketones is 1. The Morgan fingerprint density at radius 3 is 2.02 bits per heavy atom. The van der Waals surface area contributed by atoms with Crippen LogP contribution < -0.4 is 15.9 Å². The fourth-order valence-electron chi connectivity index (χ4n) is 6.52. The van der Waals surface area contributed by atoms with Crippen LogP contribution in [-0.2, 0) is 12.4 Å². The van der Waals surface area contributed by atoms with Gasteiger partial charge >= 0.3 is 12.4 Å². The third kappa shape index (κ3) is 13.5. The van der Waals surface area contributed by atoms with Crippen LogP contribution in [0.15, 0.2) is 53.7 Å². The molecule has 0 saturated heterocycles. The van der Waals surface area contributed by atoms with Crippen molar-refractivity contribution in [2.75, 3.05) is 25.5 Å². The first-order valence-corrected chi connectivity index (χ1v) is 18.9. The Kier molecular flexibility index (Phi) is 16.9. The maximum atomic E-state index is 13.4. The van der Waals surface area contributed by atoms with Crippen molar-refractivity contribution in [3.05, 3.63) is 75.9 Å². The molecule has 3 aromatic rings. The SMILES string of the molecule is CCC/C=c1/c(=C\N=C(C)Nc2cc(C(F)(F)F)cc(C(F)(F)F)c2)c(-c2ccc(C(C)=O)cc2)cn1C1CCCCC1.CCCCCN(C)CCC. The maximum Gasteiger partial charge on any atom is 0.416 e. The van der Waals surface area contributed by atoms with Crippen LogP contribution in [0.5, 0.6) is 0 Å². The summed E-state index contributed by atoms with van der Waals surface area (Å²) in [6.07, 6.45) is 8.53. The van der Waals surface area contributed by atoms with Gasteiger partial charge in [0.25, 0.3) is 0 Å². The molecular weight excluding hydrogens is 690 g/mol. The highest BCUT2D eigenvalue weighted by atomic mass is 19.4. The zero-order chi connectivity index (χ0) is 39.2. The minimum Gasteiger partial charge on any atom is -0.344 e. The molecule has 11 heteroatoms. The second kappa shape index (κ2) is 20.6. The number of rotatable bonds is 13. The van der Waals surface area contributed by atoms with Gasteiger partial charge in [-0.05, 0) is 89.9 Å². The predicted octanol–water partition coefficient (Wildman–Crippen LogP) is 11.3. The number of carbonyl (C=O) groups excluding carboxylic acids is 1. The standard InChI is InChI=1S/C33H35F6N3O.C9H21N/c1-4-5-11-31-29(19-40-22(3)41-27-17-25(32(34,35)36)16-26(18-27)33(37,38)39)30(20-42(31)28-9-7-6-8-10-28)24-14-12-23(13-15-24)21(2)43;1-4-6-7-9-10(3)8-5-2/h11-20,28H,4-10H2,1-3H3,(H,40,41);4-9H2,1-3H3/b29-19-,31-11-;. The normalized spacial score (nSPS) is 15.2. The third-order valence-electron chi connectivity index (χ3n) is 9.36. The monoisotopic (exact) mass is 746 g/mol. The number of nitrogens with one attached hydrogen (secondary N) is 1. The van der Waals surface area contributed by atoms with Crippen LogP contribution in [0, 0.1) is 0 Å². The molecule has 1 N–H and O–H groups in total. The highest BCUT2D eigenvalue weighted by Gasteiger charge is 2.37. The largest absolute Gasteiger partial charge is 0.416 e. The number of benzene rings is 2. The van der Waals surface area contributed by atoms with E-state index in [2.05, 4.69) is 59.9 Å². The minimum absolute atomic E-state index is 0.0512. The lowest BCUT2D eigenvalue weighted by molar-refractivity contribution is -0.143. The minimum atomic E-state index is -4.95. The van der Waals surface area contributed by atoms with Crippen molar-refractivity contribution in [2.45, 2.75) is 124 Å². The van der Waals surface area contributed by atoms with E-state index < -0.39 is 23.5 Å². The lowest BCUT2D eigenvalue weighted by atomic mass is 9.95. The van der Waals surface area contributed by atoms with E-state index >= 15 is 0 Å². The molecule has 2 aromatic carbocycles. The van der Waals surface area contributed by atoms with Gasteiger partial charge in [-0.1, -0.05) is 89.6 Å². The van der Waals surface area contributed by atoms with Crippen molar-refractivity contribution in [1.82, 2.24) is 9.47 Å². The Morgan fingerprint density at radius 2 is 1.49 bits per heavy atom. The van der Waals surface area contributed by atoms with Gasteiger partial charge < -0.3 is 14.8 Å². The third-order valence-corrected chi connectivity index (χ3v) is 9.36. The lowest BCUT2D eigenvalue weighted by Crippen LogP contribution is -2.32. The fraction of sp³-hybridized carbons (Fsp3) is 0.524. The fourth-order valence-corrected chi connectivity index (χ4v) is 6.52. The summed E-state index contributed by atoms with van der Waals surface area (Å²) in [6, 6.07) is 8.92. The van der Waals surface area contributed by atoms with Crippen molar-refractivity contribution < 1.29 is 31.1 Å². The Bertz CT molecular complexity index is 1720. The van der Waals surface area contributed by atoms with E-state index in [0.29, 0.717) is 23.7 Å². The number of hydrogen-bond donors (Lipinski definition) is 1. The van der Waals surface area contributed by atoms with Gasteiger partial charge in [0, 0.05) is 45.8 Å². The van der Waals surface area contributed by atoms with Crippen molar-refractivity contribution in [1.29, 1.82) is 0 Å². The zero-order valence-corrected chi connectivity index (χ0v) is 32.1. The number of Topliss-reactive ketones (excluding diaryl/α,β-unsaturated/α-hetero) is 1. The zero-order valence-electron chi connectivity index (χ0n) is 32.1. The van der Waals surface area contributed by atoms with Gasteiger partial charge in [-0.15, -0.1) is 0 Å². The Balaban J connectivity index is 0.000000661. The molecule has 53 heavy (non-hydrogen) atoms. The molecule has 0 radical (unpaired) electrons. The van der Waals surface area contributed by atoms with Crippen molar-refractivity contribution in [3.8, 4) is 11.1 Å². The highest BCUT2D eigenvalue weighted by molar-refractivity contribution is 5.95. The van der Waals surface area contributed by atoms with Crippen LogP contribution in [0.2, 0.25) is 0 Å². The summed E-state index contributed by atoms with van der Waals surface area (Å²) in [6.45, 7) is 12.1. The molecule has 1 saturated carbocycles. The molecule has 0 amide bonds. The van der Waals surface area contributed by atoms with E-state index in [1.54, 1.807) is 18.3 Å². The smallest absolute Gasteiger partial charge is 0.344 e. The van der Waals surface area contributed by atoms with E-state index in [9.17, 15) is 31.1 Å². The summed E-state index contributed by atoms with van der Waals surface area (Å²) in [7, 11) is 2.21. The first-order valence-electron chi connectivity index (χ1n) is 18.9. The lowest BCUT2D eigenvalue weighted by Gasteiger charge is -2.24. The van der Waals surface area contributed by atoms with Gasteiger partial charge in [-0.3, -0.25) is 4.79 Å². The maximum absolute atomic E-state index is 13.4. The average Bonchev–Trinajstić information content (AvgIpc) is 3.48. The number of nitrogens with zero attached hydrogens (tertiary/aromatic N) is 3. The molecule has 0 atom stereocenters. The van der Waals surface area contributed by atoms with Crippen LogP contribution >= 0.6 is 0 Å². The van der Waals surface area contributed by atoms with Crippen LogP contribution in [-0.4, -0.2) is 41.2 Å². The molecule has 0 spiro atoms.